The van der Waals surface area contributed by atoms with Crippen molar-refractivity contribution in [3.63, 3.8) is 0 Å². The molecule has 1 atom stereocenters. The van der Waals surface area contributed by atoms with Crippen molar-refractivity contribution >= 4 is 17.5 Å². The van der Waals surface area contributed by atoms with E-state index in [0.717, 1.165) is 17.8 Å². The smallest absolute Gasteiger partial charge is 0.276 e. The van der Waals surface area contributed by atoms with E-state index < -0.39 is 0 Å². The molecule has 116 valence electrons. The molecule has 1 fully saturated rings. The van der Waals surface area contributed by atoms with E-state index in [2.05, 4.69) is 10.3 Å². The molecule has 22 heavy (non-hydrogen) atoms. The minimum Gasteiger partial charge on any atom is -0.336 e. The number of nitrogens with two attached hydrogens (primary N) is 1. The van der Waals surface area contributed by atoms with Crippen molar-refractivity contribution in [3.05, 3.63) is 40.7 Å². The third-order valence-corrected chi connectivity index (χ3v) is 4.10. The lowest BCUT2D eigenvalue weighted by molar-refractivity contribution is 0.0784. The normalized spacial score (nSPS) is 18.0. The fourth-order valence-electron chi connectivity index (χ4n) is 2.72. The summed E-state index contributed by atoms with van der Waals surface area (Å²) < 4.78 is 1.68. The third kappa shape index (κ3) is 2.71. The van der Waals surface area contributed by atoms with E-state index in [9.17, 15) is 4.79 Å². The Morgan fingerprint density at radius 3 is 2.95 bits per heavy atom. The van der Waals surface area contributed by atoms with Gasteiger partial charge in [0, 0.05) is 24.2 Å². The van der Waals surface area contributed by atoms with Crippen LogP contribution in [0.25, 0.3) is 5.69 Å². The number of benzene rings is 1. The fourth-order valence-corrected chi connectivity index (χ4v) is 2.91. The fraction of sp³-hybridized carbons (Fsp3) is 0.400. The van der Waals surface area contributed by atoms with Crippen LogP contribution in [0.5, 0.6) is 0 Å². The highest BCUT2D eigenvalue weighted by Gasteiger charge is 2.29. The molecule has 1 saturated heterocycles. The standard InChI is InChI=1S/C15H18ClN5O/c1-2-13-14(15(22)20-7-6-11(17)9-20)18-19-21(13)12-5-3-4-10(16)8-12/h3-5,8,11H,2,6-7,9,17H2,1H3/t11-/m1/s1. The molecule has 3 rings (SSSR count). The predicted octanol–water partition coefficient (Wildman–Crippen LogP) is 1.66. The minimum absolute atomic E-state index is 0.0528. The summed E-state index contributed by atoms with van der Waals surface area (Å²) in [6.07, 6.45) is 1.48. The number of hydrogen-bond donors (Lipinski definition) is 1. The SMILES string of the molecule is CCc1c(C(=O)N2CC[C@@H](N)C2)nnn1-c1cccc(Cl)c1. The van der Waals surface area contributed by atoms with Gasteiger partial charge in [0.2, 0.25) is 0 Å². The van der Waals surface area contributed by atoms with Crippen molar-refractivity contribution in [1.29, 1.82) is 0 Å². The predicted molar refractivity (Wildman–Crippen MR) is 84.2 cm³/mol. The monoisotopic (exact) mass is 319 g/mol. The quantitative estimate of drug-likeness (QED) is 0.933. The average Bonchev–Trinajstić information content (AvgIpc) is 3.12. The summed E-state index contributed by atoms with van der Waals surface area (Å²) in [6.45, 7) is 3.23. The van der Waals surface area contributed by atoms with Gasteiger partial charge < -0.3 is 10.6 Å². The van der Waals surface area contributed by atoms with Gasteiger partial charge in [0.25, 0.3) is 5.91 Å². The van der Waals surface area contributed by atoms with E-state index in [1.165, 1.54) is 0 Å². The number of carbonyl (C=O) groups excluding carboxylic acids is 1. The van der Waals surface area contributed by atoms with Crippen LogP contribution >= 0.6 is 11.6 Å². The molecule has 1 aliphatic rings. The highest BCUT2D eigenvalue weighted by molar-refractivity contribution is 6.30. The lowest BCUT2D eigenvalue weighted by Crippen LogP contribution is -2.32. The maximum Gasteiger partial charge on any atom is 0.276 e. The lowest BCUT2D eigenvalue weighted by atomic mass is 10.2. The molecule has 2 N–H and O–H groups in total. The van der Waals surface area contributed by atoms with Crippen LogP contribution in [0.3, 0.4) is 0 Å². The number of halogens is 1. The number of amides is 1. The van der Waals surface area contributed by atoms with Crippen molar-refractivity contribution in [3.8, 4) is 5.69 Å². The Balaban J connectivity index is 1.95. The zero-order valence-corrected chi connectivity index (χ0v) is 13.1. The summed E-state index contributed by atoms with van der Waals surface area (Å²) in [6, 6.07) is 7.39. The molecule has 1 aliphatic heterocycles. The van der Waals surface area contributed by atoms with Gasteiger partial charge in [0.1, 0.15) is 0 Å². The molecule has 6 nitrogen and oxygen atoms in total. The number of carbonyl (C=O) groups is 1. The van der Waals surface area contributed by atoms with Gasteiger partial charge in [0.15, 0.2) is 5.69 Å². The molecular formula is C15H18ClN5O. The first-order valence-corrected chi connectivity index (χ1v) is 7.73. The highest BCUT2D eigenvalue weighted by atomic mass is 35.5. The molecule has 0 unspecified atom stereocenters. The first-order chi connectivity index (χ1) is 10.6. The number of rotatable bonds is 3. The topological polar surface area (TPSA) is 77.0 Å². The molecule has 0 bridgehead atoms. The van der Waals surface area contributed by atoms with E-state index >= 15 is 0 Å². The molecule has 2 heterocycles. The van der Waals surface area contributed by atoms with Crippen LogP contribution in [0.4, 0.5) is 0 Å². The number of aromatic nitrogens is 3. The van der Waals surface area contributed by atoms with Crippen molar-refractivity contribution in [1.82, 2.24) is 19.9 Å². The van der Waals surface area contributed by atoms with E-state index in [1.807, 2.05) is 19.1 Å². The van der Waals surface area contributed by atoms with Crippen molar-refractivity contribution in [2.45, 2.75) is 25.8 Å². The Hall–Kier alpha value is -1.92. The summed E-state index contributed by atoms with van der Waals surface area (Å²) in [4.78, 5) is 14.4. The van der Waals surface area contributed by atoms with Crippen LogP contribution in [0.1, 0.15) is 29.5 Å². The largest absolute Gasteiger partial charge is 0.336 e. The molecule has 1 aromatic carbocycles. The molecule has 0 spiro atoms. The van der Waals surface area contributed by atoms with Gasteiger partial charge in [-0.1, -0.05) is 29.8 Å². The van der Waals surface area contributed by atoms with Crippen LogP contribution < -0.4 is 5.73 Å². The van der Waals surface area contributed by atoms with Gasteiger partial charge in [-0.3, -0.25) is 4.79 Å². The first kappa shape index (κ1) is 15.0. The highest BCUT2D eigenvalue weighted by Crippen LogP contribution is 2.20. The second kappa shape index (κ2) is 6.06. The molecule has 0 radical (unpaired) electrons. The second-order valence-corrected chi connectivity index (χ2v) is 5.87. The second-order valence-electron chi connectivity index (χ2n) is 5.43. The molecule has 2 aromatic rings. The summed E-state index contributed by atoms with van der Waals surface area (Å²) in [7, 11) is 0. The van der Waals surface area contributed by atoms with Crippen LogP contribution in [-0.2, 0) is 6.42 Å². The average molecular weight is 320 g/mol. The number of hydrogen-bond acceptors (Lipinski definition) is 4. The molecular weight excluding hydrogens is 302 g/mol. The Morgan fingerprint density at radius 1 is 1.50 bits per heavy atom. The van der Waals surface area contributed by atoms with Gasteiger partial charge in [-0.15, -0.1) is 5.10 Å². The Morgan fingerprint density at radius 2 is 2.32 bits per heavy atom. The van der Waals surface area contributed by atoms with E-state index in [4.69, 9.17) is 17.3 Å². The zero-order valence-electron chi connectivity index (χ0n) is 12.4. The Kier molecular flexibility index (Phi) is 4.13. The number of likely N-dealkylation sites (tertiary alicyclic amines) is 1. The van der Waals surface area contributed by atoms with E-state index in [-0.39, 0.29) is 11.9 Å². The van der Waals surface area contributed by atoms with Gasteiger partial charge in [0.05, 0.1) is 11.4 Å². The maximum absolute atomic E-state index is 12.6. The van der Waals surface area contributed by atoms with Crippen molar-refractivity contribution < 1.29 is 4.79 Å². The van der Waals surface area contributed by atoms with Crippen LogP contribution in [0, 0.1) is 0 Å². The van der Waals surface area contributed by atoms with Crippen LogP contribution in [0.15, 0.2) is 24.3 Å². The molecule has 0 saturated carbocycles. The van der Waals surface area contributed by atoms with Crippen LogP contribution in [0.2, 0.25) is 5.02 Å². The first-order valence-electron chi connectivity index (χ1n) is 7.35. The molecule has 1 aromatic heterocycles. The van der Waals surface area contributed by atoms with E-state index in [0.29, 0.717) is 30.2 Å². The summed E-state index contributed by atoms with van der Waals surface area (Å²) in [5.41, 5.74) is 7.86. The Bertz CT molecular complexity index is 699. The minimum atomic E-state index is -0.0990. The van der Waals surface area contributed by atoms with E-state index in [1.54, 1.807) is 21.7 Å². The van der Waals surface area contributed by atoms with Crippen LogP contribution in [-0.4, -0.2) is 44.9 Å². The Labute approximate surface area is 133 Å². The zero-order chi connectivity index (χ0) is 15.7. The lowest BCUT2D eigenvalue weighted by Gasteiger charge is -2.15. The maximum atomic E-state index is 12.6. The van der Waals surface area contributed by atoms with Gasteiger partial charge in [-0.2, -0.15) is 0 Å². The van der Waals surface area contributed by atoms with Crippen molar-refractivity contribution in [2.75, 3.05) is 13.1 Å². The van der Waals surface area contributed by atoms with Gasteiger partial charge >= 0.3 is 0 Å². The molecule has 1 amide bonds. The third-order valence-electron chi connectivity index (χ3n) is 3.87. The van der Waals surface area contributed by atoms with Crippen molar-refractivity contribution in [2.24, 2.45) is 5.73 Å². The summed E-state index contributed by atoms with van der Waals surface area (Å²) in [5, 5.41) is 8.86. The molecule has 7 heteroatoms. The summed E-state index contributed by atoms with van der Waals surface area (Å²) >= 11 is 6.03. The van der Waals surface area contributed by atoms with Gasteiger partial charge in [-0.25, -0.2) is 4.68 Å². The molecule has 0 aliphatic carbocycles. The number of nitrogens with zero attached hydrogens (tertiary/aromatic N) is 4. The summed E-state index contributed by atoms with van der Waals surface area (Å²) in [5.74, 6) is -0.0990. The van der Waals surface area contributed by atoms with Gasteiger partial charge in [-0.05, 0) is 31.0 Å².